The zero-order valence-electron chi connectivity index (χ0n) is 14.2. The van der Waals surface area contributed by atoms with Gasteiger partial charge in [0.25, 0.3) is 0 Å². The zero-order chi connectivity index (χ0) is 15.0. The second-order valence-electron chi connectivity index (χ2n) is 6.40. The summed E-state index contributed by atoms with van der Waals surface area (Å²) in [5, 5.41) is 0. The molecule has 0 radical (unpaired) electrons. The molecule has 0 aliphatic rings. The summed E-state index contributed by atoms with van der Waals surface area (Å²) in [5.41, 5.74) is 0. The second-order valence-corrected chi connectivity index (χ2v) is 6.40. The van der Waals surface area contributed by atoms with Crippen molar-refractivity contribution in [3.8, 4) is 0 Å². The maximum absolute atomic E-state index is 4.07. The lowest BCUT2D eigenvalue weighted by atomic mass is 10.0. The van der Waals surface area contributed by atoms with Crippen molar-refractivity contribution < 1.29 is 0 Å². The van der Waals surface area contributed by atoms with E-state index in [2.05, 4.69) is 22.7 Å². The van der Waals surface area contributed by atoms with Crippen LogP contribution < -0.4 is 0 Å². The van der Waals surface area contributed by atoms with Gasteiger partial charge in [0, 0.05) is 18.9 Å². The molecule has 0 saturated carbocycles. The van der Waals surface area contributed by atoms with Crippen LogP contribution in [0.2, 0.25) is 0 Å². The molecular weight excluding hydrogens is 268 g/mol. The van der Waals surface area contributed by atoms with Gasteiger partial charge in [-0.1, -0.05) is 97.8 Å². The van der Waals surface area contributed by atoms with Crippen molar-refractivity contribution in [3.63, 3.8) is 0 Å². The first kappa shape index (κ1) is 21.2. The number of unbranched alkanes of at least 4 members (excludes halogenated alkanes) is 13. The van der Waals surface area contributed by atoms with Crippen molar-refractivity contribution in [2.45, 2.75) is 111 Å². The minimum Gasteiger partial charge on any atom is -0.337 e. The smallest absolute Gasteiger partial charge is 0.0945 e. The van der Waals surface area contributed by atoms with E-state index in [1.165, 1.54) is 89.9 Å². The highest BCUT2D eigenvalue weighted by atomic mass is 15.0. The number of aryl methyl sites for hydroxylation is 1. The van der Waals surface area contributed by atoms with Gasteiger partial charge < -0.3 is 4.57 Å². The standard InChI is InChI=1S/C19H36N2.CH4/c1-2-3-4-5-6-7-8-9-10-11-12-13-14-15-17-21-18-16-20-19-21;/h16,18-19H,2-15,17H2,1H3;1H4. The maximum atomic E-state index is 4.07. The average molecular weight is 309 g/mol. The number of hydrogen-bond acceptors (Lipinski definition) is 1. The molecule has 0 unspecified atom stereocenters. The summed E-state index contributed by atoms with van der Waals surface area (Å²) in [4.78, 5) is 4.07. The van der Waals surface area contributed by atoms with Crippen molar-refractivity contribution in [2.24, 2.45) is 0 Å². The van der Waals surface area contributed by atoms with Crippen LogP contribution in [0, 0.1) is 0 Å². The average Bonchev–Trinajstić information content (AvgIpc) is 3.01. The molecule has 0 N–H and O–H groups in total. The van der Waals surface area contributed by atoms with Crippen LogP contribution in [0.1, 0.15) is 104 Å². The van der Waals surface area contributed by atoms with Crippen molar-refractivity contribution in [3.05, 3.63) is 18.7 Å². The summed E-state index contributed by atoms with van der Waals surface area (Å²) in [6.45, 7) is 3.43. The van der Waals surface area contributed by atoms with Crippen molar-refractivity contribution >= 4 is 0 Å². The quantitative estimate of drug-likeness (QED) is 0.319. The molecule has 0 spiro atoms. The fourth-order valence-corrected chi connectivity index (χ4v) is 2.91. The highest BCUT2D eigenvalue weighted by Crippen LogP contribution is 2.13. The van der Waals surface area contributed by atoms with Gasteiger partial charge in [-0.25, -0.2) is 4.98 Å². The van der Waals surface area contributed by atoms with Gasteiger partial charge in [0.2, 0.25) is 0 Å². The van der Waals surface area contributed by atoms with Gasteiger partial charge in [-0.2, -0.15) is 0 Å². The van der Waals surface area contributed by atoms with E-state index in [4.69, 9.17) is 0 Å². The van der Waals surface area contributed by atoms with E-state index >= 15 is 0 Å². The molecule has 22 heavy (non-hydrogen) atoms. The second kappa shape index (κ2) is 16.6. The molecule has 1 aromatic rings. The first-order valence-corrected chi connectivity index (χ1v) is 9.39. The minimum absolute atomic E-state index is 0. The Labute approximate surface area is 139 Å². The van der Waals surface area contributed by atoms with E-state index in [1.807, 2.05) is 12.5 Å². The van der Waals surface area contributed by atoms with Crippen LogP contribution in [0.5, 0.6) is 0 Å². The lowest BCUT2D eigenvalue weighted by molar-refractivity contribution is 0.524. The normalized spacial score (nSPS) is 10.6. The zero-order valence-corrected chi connectivity index (χ0v) is 14.2. The predicted molar refractivity (Wildman–Crippen MR) is 99.3 cm³/mol. The Morgan fingerprint density at radius 3 is 1.55 bits per heavy atom. The number of hydrogen-bond donors (Lipinski definition) is 0. The largest absolute Gasteiger partial charge is 0.337 e. The first-order valence-electron chi connectivity index (χ1n) is 9.39. The third kappa shape index (κ3) is 12.9. The van der Waals surface area contributed by atoms with Gasteiger partial charge in [0.05, 0.1) is 6.33 Å². The Morgan fingerprint density at radius 1 is 0.682 bits per heavy atom. The summed E-state index contributed by atoms with van der Waals surface area (Å²) >= 11 is 0. The Balaban J connectivity index is 0.00000441. The highest BCUT2D eigenvalue weighted by molar-refractivity contribution is 4.73. The Bertz CT molecular complexity index is 293. The first-order chi connectivity index (χ1) is 10.4. The van der Waals surface area contributed by atoms with Gasteiger partial charge in [-0.3, -0.25) is 0 Å². The third-order valence-corrected chi connectivity index (χ3v) is 4.33. The van der Waals surface area contributed by atoms with E-state index in [0.29, 0.717) is 0 Å². The molecule has 2 nitrogen and oxygen atoms in total. The molecule has 1 aromatic heterocycles. The Hall–Kier alpha value is -0.790. The fraction of sp³-hybridized carbons (Fsp3) is 0.850. The fourth-order valence-electron chi connectivity index (χ4n) is 2.91. The van der Waals surface area contributed by atoms with Gasteiger partial charge in [0.1, 0.15) is 0 Å². The molecule has 1 heterocycles. The SMILES string of the molecule is C.CCCCCCCCCCCCCCCCn1ccnc1. The van der Waals surface area contributed by atoms with E-state index in [0.717, 1.165) is 6.54 Å². The van der Waals surface area contributed by atoms with Gasteiger partial charge >= 0.3 is 0 Å². The number of nitrogens with zero attached hydrogens (tertiary/aromatic N) is 2. The molecule has 0 aliphatic carbocycles. The topological polar surface area (TPSA) is 17.8 Å². The summed E-state index contributed by atoms with van der Waals surface area (Å²) in [6, 6.07) is 0. The molecule has 0 atom stereocenters. The molecule has 2 heteroatoms. The van der Waals surface area contributed by atoms with Crippen LogP contribution in [0.3, 0.4) is 0 Å². The number of rotatable bonds is 15. The van der Waals surface area contributed by atoms with E-state index in [-0.39, 0.29) is 7.43 Å². The van der Waals surface area contributed by atoms with E-state index < -0.39 is 0 Å². The van der Waals surface area contributed by atoms with Crippen LogP contribution in [0.15, 0.2) is 18.7 Å². The predicted octanol–water partition coefficient (Wildman–Crippen LogP) is 7.00. The highest BCUT2D eigenvalue weighted by Gasteiger charge is 1.94. The maximum Gasteiger partial charge on any atom is 0.0945 e. The van der Waals surface area contributed by atoms with Crippen LogP contribution in [0.4, 0.5) is 0 Å². The molecule has 0 amide bonds. The molecule has 1 rings (SSSR count). The summed E-state index contributed by atoms with van der Waals surface area (Å²) in [6.07, 6.45) is 25.8. The summed E-state index contributed by atoms with van der Waals surface area (Å²) in [7, 11) is 0. The summed E-state index contributed by atoms with van der Waals surface area (Å²) < 4.78 is 2.18. The van der Waals surface area contributed by atoms with Crippen LogP contribution in [0.25, 0.3) is 0 Å². The van der Waals surface area contributed by atoms with Crippen molar-refractivity contribution in [1.82, 2.24) is 9.55 Å². The molecule has 0 saturated heterocycles. The third-order valence-electron chi connectivity index (χ3n) is 4.33. The number of imidazole rings is 1. The van der Waals surface area contributed by atoms with Gasteiger partial charge in [-0.05, 0) is 6.42 Å². The lowest BCUT2D eigenvalue weighted by Crippen LogP contribution is -1.93. The van der Waals surface area contributed by atoms with Gasteiger partial charge in [-0.15, -0.1) is 0 Å². The van der Waals surface area contributed by atoms with Crippen molar-refractivity contribution in [1.29, 1.82) is 0 Å². The van der Waals surface area contributed by atoms with E-state index in [1.54, 1.807) is 0 Å². The molecular formula is C20H40N2. The van der Waals surface area contributed by atoms with Crippen LogP contribution in [-0.2, 0) is 6.54 Å². The Kier molecular flexibility index (Phi) is 16.0. The van der Waals surface area contributed by atoms with Gasteiger partial charge in [0.15, 0.2) is 0 Å². The molecule has 0 aromatic carbocycles. The summed E-state index contributed by atoms with van der Waals surface area (Å²) in [5.74, 6) is 0. The van der Waals surface area contributed by atoms with E-state index in [9.17, 15) is 0 Å². The molecule has 0 bridgehead atoms. The molecule has 0 fully saturated rings. The number of aromatic nitrogens is 2. The Morgan fingerprint density at radius 2 is 1.14 bits per heavy atom. The van der Waals surface area contributed by atoms with Crippen molar-refractivity contribution in [2.75, 3.05) is 0 Å². The van der Waals surface area contributed by atoms with Crippen LogP contribution >= 0.6 is 0 Å². The molecule has 130 valence electrons. The molecule has 0 aliphatic heterocycles. The minimum atomic E-state index is 0. The lowest BCUT2D eigenvalue weighted by Gasteiger charge is -2.04. The van der Waals surface area contributed by atoms with Crippen LogP contribution in [-0.4, -0.2) is 9.55 Å². The monoisotopic (exact) mass is 308 g/mol.